The van der Waals surface area contributed by atoms with Crippen molar-refractivity contribution in [1.82, 2.24) is 5.32 Å². The first-order chi connectivity index (χ1) is 9.15. The van der Waals surface area contributed by atoms with Gasteiger partial charge < -0.3 is 20.3 Å². The molecule has 0 aromatic heterocycles. The summed E-state index contributed by atoms with van der Waals surface area (Å²) in [6.45, 7) is 2.20. The van der Waals surface area contributed by atoms with E-state index < -0.39 is 5.97 Å². The molecule has 5 nitrogen and oxygen atoms in total. The number of hydrogen-bond acceptors (Lipinski definition) is 4. The lowest BCUT2D eigenvalue weighted by Crippen LogP contribution is -2.37. The summed E-state index contributed by atoms with van der Waals surface area (Å²) in [4.78, 5) is 10.7. The molecule has 0 heterocycles. The third-order valence-corrected chi connectivity index (χ3v) is 3.29. The molecule has 2 rings (SSSR count). The van der Waals surface area contributed by atoms with Crippen molar-refractivity contribution in [3.63, 3.8) is 0 Å². The summed E-state index contributed by atoms with van der Waals surface area (Å²) in [6.07, 6.45) is 1.69. The van der Waals surface area contributed by atoms with Crippen LogP contribution < -0.4 is 10.1 Å². The first-order valence-electron chi connectivity index (χ1n) is 6.50. The average molecular weight is 265 g/mol. The third-order valence-electron chi connectivity index (χ3n) is 3.29. The van der Waals surface area contributed by atoms with Crippen molar-refractivity contribution in [2.75, 3.05) is 19.7 Å². The number of aromatic carboxylic acids is 1. The number of benzene rings is 1. The molecule has 1 saturated carbocycles. The van der Waals surface area contributed by atoms with Crippen LogP contribution in [0.2, 0.25) is 0 Å². The second-order valence-electron chi connectivity index (χ2n) is 4.87. The SMILES string of the molecule is O=C(O)c1ccc(OCCNCC2CC(O)C2)cc1. The van der Waals surface area contributed by atoms with Crippen molar-refractivity contribution in [2.45, 2.75) is 18.9 Å². The van der Waals surface area contributed by atoms with Crippen LogP contribution in [0.15, 0.2) is 24.3 Å². The molecule has 0 spiro atoms. The maximum atomic E-state index is 10.7. The highest BCUT2D eigenvalue weighted by atomic mass is 16.5. The lowest BCUT2D eigenvalue weighted by atomic mass is 9.82. The van der Waals surface area contributed by atoms with E-state index in [-0.39, 0.29) is 11.7 Å². The minimum atomic E-state index is -0.934. The van der Waals surface area contributed by atoms with Crippen LogP contribution >= 0.6 is 0 Å². The Bertz CT molecular complexity index is 412. The Hall–Kier alpha value is -1.59. The number of nitrogens with one attached hydrogen (secondary N) is 1. The molecule has 0 saturated heterocycles. The highest BCUT2D eigenvalue weighted by Crippen LogP contribution is 2.25. The molecule has 0 radical (unpaired) electrons. The van der Waals surface area contributed by atoms with Gasteiger partial charge >= 0.3 is 5.97 Å². The van der Waals surface area contributed by atoms with Crippen LogP contribution in [0.25, 0.3) is 0 Å². The fourth-order valence-corrected chi connectivity index (χ4v) is 2.11. The molecule has 1 aliphatic carbocycles. The van der Waals surface area contributed by atoms with E-state index in [1.165, 1.54) is 12.1 Å². The largest absolute Gasteiger partial charge is 0.492 e. The Labute approximate surface area is 112 Å². The topological polar surface area (TPSA) is 78.8 Å². The van der Waals surface area contributed by atoms with Gasteiger partial charge in [0.05, 0.1) is 11.7 Å². The molecule has 0 atom stereocenters. The van der Waals surface area contributed by atoms with Crippen molar-refractivity contribution < 1.29 is 19.7 Å². The van der Waals surface area contributed by atoms with Crippen LogP contribution in [-0.4, -0.2) is 42.0 Å². The second-order valence-corrected chi connectivity index (χ2v) is 4.87. The summed E-state index contributed by atoms with van der Waals surface area (Å²) in [5, 5.41) is 21.2. The Kier molecular flexibility index (Phi) is 4.76. The maximum absolute atomic E-state index is 10.7. The second kappa shape index (κ2) is 6.54. The summed E-state index contributed by atoms with van der Waals surface area (Å²) >= 11 is 0. The van der Waals surface area contributed by atoms with Crippen molar-refractivity contribution in [2.24, 2.45) is 5.92 Å². The van der Waals surface area contributed by atoms with Crippen LogP contribution in [0.1, 0.15) is 23.2 Å². The summed E-state index contributed by atoms with van der Waals surface area (Å²) in [6, 6.07) is 6.37. The number of hydrogen-bond donors (Lipinski definition) is 3. The zero-order valence-corrected chi connectivity index (χ0v) is 10.7. The Balaban J connectivity index is 1.59. The van der Waals surface area contributed by atoms with Gasteiger partial charge in [0, 0.05) is 6.54 Å². The minimum absolute atomic E-state index is 0.101. The van der Waals surface area contributed by atoms with Gasteiger partial charge in [-0.25, -0.2) is 4.79 Å². The van der Waals surface area contributed by atoms with E-state index >= 15 is 0 Å². The molecule has 0 bridgehead atoms. The fourth-order valence-electron chi connectivity index (χ4n) is 2.11. The van der Waals surface area contributed by atoms with Crippen molar-refractivity contribution in [1.29, 1.82) is 0 Å². The van der Waals surface area contributed by atoms with E-state index in [2.05, 4.69) is 5.32 Å². The summed E-state index contributed by atoms with van der Waals surface area (Å²) < 4.78 is 5.49. The molecular weight excluding hydrogens is 246 g/mol. The van der Waals surface area contributed by atoms with Gasteiger partial charge in [0.15, 0.2) is 0 Å². The molecule has 1 aromatic rings. The van der Waals surface area contributed by atoms with E-state index in [1.807, 2.05) is 0 Å². The first-order valence-corrected chi connectivity index (χ1v) is 6.50. The minimum Gasteiger partial charge on any atom is -0.492 e. The number of ether oxygens (including phenoxy) is 1. The van der Waals surface area contributed by atoms with Crippen molar-refractivity contribution in [3.05, 3.63) is 29.8 Å². The number of aliphatic hydroxyl groups excluding tert-OH is 1. The lowest BCUT2D eigenvalue weighted by molar-refractivity contribution is 0.0428. The molecule has 3 N–H and O–H groups in total. The number of aliphatic hydroxyl groups is 1. The number of carboxylic acid groups (broad SMARTS) is 1. The van der Waals surface area contributed by atoms with Gasteiger partial charge in [-0.2, -0.15) is 0 Å². The molecule has 104 valence electrons. The average Bonchev–Trinajstić information content (AvgIpc) is 2.36. The molecule has 1 aromatic carbocycles. The van der Waals surface area contributed by atoms with E-state index in [1.54, 1.807) is 12.1 Å². The molecular formula is C14H19NO4. The molecule has 1 aliphatic rings. The van der Waals surface area contributed by atoms with Gasteiger partial charge in [-0.15, -0.1) is 0 Å². The zero-order chi connectivity index (χ0) is 13.7. The van der Waals surface area contributed by atoms with Gasteiger partial charge in [0.25, 0.3) is 0 Å². The van der Waals surface area contributed by atoms with Gasteiger partial charge in [0.2, 0.25) is 0 Å². The Morgan fingerprint density at radius 1 is 1.32 bits per heavy atom. The molecule has 5 heteroatoms. The summed E-state index contributed by atoms with van der Waals surface area (Å²) in [7, 11) is 0. The van der Waals surface area contributed by atoms with Gasteiger partial charge in [-0.3, -0.25) is 0 Å². The van der Waals surface area contributed by atoms with E-state index in [0.29, 0.717) is 18.3 Å². The summed E-state index contributed by atoms with van der Waals surface area (Å²) in [5.74, 6) is 0.326. The molecule has 19 heavy (non-hydrogen) atoms. The van der Waals surface area contributed by atoms with E-state index in [9.17, 15) is 4.79 Å². The van der Waals surface area contributed by atoms with Crippen LogP contribution in [-0.2, 0) is 0 Å². The highest BCUT2D eigenvalue weighted by molar-refractivity contribution is 5.87. The fraction of sp³-hybridized carbons (Fsp3) is 0.500. The van der Waals surface area contributed by atoms with Crippen LogP contribution in [0.5, 0.6) is 5.75 Å². The number of carboxylic acids is 1. The first kappa shape index (κ1) is 13.8. The molecule has 0 unspecified atom stereocenters. The molecule has 0 amide bonds. The Morgan fingerprint density at radius 3 is 2.58 bits per heavy atom. The third kappa shape index (κ3) is 4.22. The monoisotopic (exact) mass is 265 g/mol. The van der Waals surface area contributed by atoms with E-state index in [0.717, 1.165) is 25.9 Å². The standard InChI is InChI=1S/C14H19NO4/c16-12-7-10(8-12)9-15-5-6-19-13-3-1-11(2-4-13)14(17)18/h1-4,10,12,15-16H,5-9H2,(H,17,18). The Morgan fingerprint density at radius 2 is 2.00 bits per heavy atom. The summed E-state index contributed by atoms with van der Waals surface area (Å²) in [5.41, 5.74) is 0.258. The number of carbonyl (C=O) groups is 1. The van der Waals surface area contributed by atoms with Gasteiger partial charge in [-0.05, 0) is 49.6 Å². The maximum Gasteiger partial charge on any atom is 0.335 e. The van der Waals surface area contributed by atoms with Crippen LogP contribution in [0, 0.1) is 5.92 Å². The van der Waals surface area contributed by atoms with Crippen LogP contribution in [0.4, 0.5) is 0 Å². The predicted molar refractivity (Wildman–Crippen MR) is 70.5 cm³/mol. The highest BCUT2D eigenvalue weighted by Gasteiger charge is 2.26. The predicted octanol–water partition coefficient (Wildman–Crippen LogP) is 1.12. The van der Waals surface area contributed by atoms with Crippen molar-refractivity contribution >= 4 is 5.97 Å². The van der Waals surface area contributed by atoms with Gasteiger partial charge in [0.1, 0.15) is 12.4 Å². The molecule has 0 aliphatic heterocycles. The smallest absolute Gasteiger partial charge is 0.335 e. The number of rotatable bonds is 7. The molecule has 1 fully saturated rings. The lowest BCUT2D eigenvalue weighted by Gasteiger charge is -2.31. The quantitative estimate of drug-likeness (QED) is 0.644. The zero-order valence-electron chi connectivity index (χ0n) is 10.7. The van der Waals surface area contributed by atoms with Crippen molar-refractivity contribution in [3.8, 4) is 5.75 Å². The van der Waals surface area contributed by atoms with Gasteiger partial charge in [-0.1, -0.05) is 0 Å². The van der Waals surface area contributed by atoms with Crippen LogP contribution in [0.3, 0.4) is 0 Å². The van der Waals surface area contributed by atoms with E-state index in [4.69, 9.17) is 14.9 Å². The normalized spacial score (nSPS) is 21.7.